The average Bonchev–Trinajstić information content (AvgIpc) is 2.81. The Bertz CT molecular complexity index is 1050. The summed E-state index contributed by atoms with van der Waals surface area (Å²) in [6.45, 7) is 6.55. The number of nitrogens with one attached hydrogen (secondary N) is 1. The van der Waals surface area contributed by atoms with Crippen LogP contribution in [-0.2, 0) is 21.4 Å². The lowest BCUT2D eigenvalue weighted by Gasteiger charge is -2.18. The summed E-state index contributed by atoms with van der Waals surface area (Å²) in [6, 6.07) is 11.5. The Morgan fingerprint density at radius 2 is 1.67 bits per heavy atom. The highest BCUT2D eigenvalue weighted by molar-refractivity contribution is 7.89. The Hall–Kier alpha value is -2.91. The van der Waals surface area contributed by atoms with E-state index >= 15 is 0 Å². The van der Waals surface area contributed by atoms with Crippen LogP contribution >= 0.6 is 0 Å². The largest absolute Gasteiger partial charge is 0.493 e. The molecule has 1 N–H and O–H groups in total. The van der Waals surface area contributed by atoms with Crippen molar-refractivity contribution in [3.05, 3.63) is 53.6 Å². The molecule has 0 aromatic heterocycles. The van der Waals surface area contributed by atoms with E-state index in [1.165, 1.54) is 18.3 Å². The molecule has 0 atom stereocenters. The molecule has 9 heteroatoms. The highest BCUT2D eigenvalue weighted by Crippen LogP contribution is 2.28. The van der Waals surface area contributed by atoms with Gasteiger partial charge < -0.3 is 14.8 Å². The number of carbonyl (C=O) groups excluding carboxylic acids is 2. The minimum atomic E-state index is -3.49. The Morgan fingerprint density at radius 3 is 2.24 bits per heavy atom. The van der Waals surface area contributed by atoms with Crippen molar-refractivity contribution in [2.75, 3.05) is 26.8 Å². The lowest BCUT2D eigenvalue weighted by atomic mass is 10.1. The highest BCUT2D eigenvalue weighted by Gasteiger charge is 2.21. The average molecular weight is 477 g/mol. The summed E-state index contributed by atoms with van der Waals surface area (Å²) < 4.78 is 37.4. The number of methoxy groups -OCH3 is 1. The number of hydrogen-bond acceptors (Lipinski definition) is 6. The van der Waals surface area contributed by atoms with Gasteiger partial charge in [0.25, 0.3) is 0 Å². The molecule has 0 bridgehead atoms. The molecule has 2 aromatic carbocycles. The molecule has 0 aliphatic heterocycles. The summed E-state index contributed by atoms with van der Waals surface area (Å²) in [6.07, 6.45) is 0.784. The Balaban J connectivity index is 1.79. The molecule has 0 fully saturated rings. The summed E-state index contributed by atoms with van der Waals surface area (Å²) in [7, 11) is -1.99. The molecular weight excluding hydrogens is 444 g/mol. The van der Waals surface area contributed by atoms with Crippen LogP contribution in [0.1, 0.15) is 49.5 Å². The van der Waals surface area contributed by atoms with Gasteiger partial charge in [-0.2, -0.15) is 4.31 Å². The summed E-state index contributed by atoms with van der Waals surface area (Å²) >= 11 is 0. The molecule has 180 valence electrons. The quantitative estimate of drug-likeness (QED) is 0.351. The van der Waals surface area contributed by atoms with E-state index in [1.807, 2.05) is 0 Å². The molecule has 0 unspecified atom stereocenters. The molecule has 0 spiro atoms. The van der Waals surface area contributed by atoms with Crippen molar-refractivity contribution in [3.63, 3.8) is 0 Å². The van der Waals surface area contributed by atoms with E-state index in [-0.39, 0.29) is 23.0 Å². The zero-order chi connectivity index (χ0) is 24.4. The smallest absolute Gasteiger partial charge is 0.243 e. The van der Waals surface area contributed by atoms with Gasteiger partial charge in [0.2, 0.25) is 15.9 Å². The second-order valence-electron chi connectivity index (χ2n) is 7.38. The van der Waals surface area contributed by atoms with E-state index in [1.54, 1.807) is 56.3 Å². The zero-order valence-corrected chi connectivity index (χ0v) is 20.4. The second-order valence-corrected chi connectivity index (χ2v) is 9.32. The molecule has 0 saturated heterocycles. The topological polar surface area (TPSA) is 102 Å². The molecular formula is C24H32N2O6S. The third-order valence-corrected chi connectivity index (χ3v) is 7.20. The van der Waals surface area contributed by atoms with E-state index in [2.05, 4.69) is 5.32 Å². The normalized spacial score (nSPS) is 11.3. The van der Waals surface area contributed by atoms with Crippen LogP contribution in [0.15, 0.2) is 47.4 Å². The van der Waals surface area contributed by atoms with Crippen molar-refractivity contribution < 1.29 is 27.5 Å². The standard InChI is InChI=1S/C24H32N2O6S/c1-5-26(6-2)33(29,30)21-12-9-19(10-13-21)17-25-24(28)8-7-15-32-22-14-11-20(18(3)27)16-23(22)31-4/h9-14,16H,5-8,15,17H2,1-4H3,(H,25,28). The van der Waals surface area contributed by atoms with E-state index in [0.717, 1.165) is 5.56 Å². The molecule has 0 aliphatic carbocycles. The van der Waals surface area contributed by atoms with Gasteiger partial charge in [0.1, 0.15) is 0 Å². The van der Waals surface area contributed by atoms with Gasteiger partial charge in [0, 0.05) is 31.6 Å². The number of Topliss-reactive ketones (excluding diaryl/α,β-unsaturated/α-hetero) is 1. The molecule has 0 heterocycles. The van der Waals surface area contributed by atoms with Gasteiger partial charge in [-0.1, -0.05) is 26.0 Å². The second kappa shape index (κ2) is 12.4. The fraction of sp³-hybridized carbons (Fsp3) is 0.417. The third-order valence-electron chi connectivity index (χ3n) is 5.13. The van der Waals surface area contributed by atoms with E-state index < -0.39 is 10.0 Å². The first-order valence-electron chi connectivity index (χ1n) is 10.9. The summed E-state index contributed by atoms with van der Waals surface area (Å²) in [4.78, 5) is 23.8. The molecule has 33 heavy (non-hydrogen) atoms. The molecule has 0 radical (unpaired) electrons. The predicted molar refractivity (Wildman–Crippen MR) is 126 cm³/mol. The van der Waals surface area contributed by atoms with Gasteiger partial charge in [-0.3, -0.25) is 9.59 Å². The van der Waals surface area contributed by atoms with Crippen LogP contribution < -0.4 is 14.8 Å². The monoisotopic (exact) mass is 476 g/mol. The lowest BCUT2D eigenvalue weighted by Crippen LogP contribution is -2.30. The van der Waals surface area contributed by atoms with E-state index in [0.29, 0.717) is 49.7 Å². The van der Waals surface area contributed by atoms with E-state index in [9.17, 15) is 18.0 Å². The molecule has 0 saturated carbocycles. The number of ketones is 1. The molecule has 0 aliphatic rings. The Morgan fingerprint density at radius 1 is 1.00 bits per heavy atom. The molecule has 2 aromatic rings. The summed E-state index contributed by atoms with van der Waals surface area (Å²) in [5.74, 6) is 0.801. The number of hydrogen-bond donors (Lipinski definition) is 1. The van der Waals surface area contributed by atoms with Crippen LogP contribution in [0.25, 0.3) is 0 Å². The summed E-state index contributed by atoms with van der Waals surface area (Å²) in [5, 5.41) is 2.83. The van der Waals surface area contributed by atoms with Crippen molar-refractivity contribution in [1.29, 1.82) is 0 Å². The van der Waals surface area contributed by atoms with Crippen molar-refractivity contribution in [2.45, 2.75) is 45.1 Å². The Labute approximate surface area is 195 Å². The molecule has 1 amide bonds. The summed E-state index contributed by atoms with van der Waals surface area (Å²) in [5.41, 5.74) is 1.35. The number of ether oxygens (including phenoxy) is 2. The fourth-order valence-electron chi connectivity index (χ4n) is 3.20. The first kappa shape index (κ1) is 26.3. The number of nitrogens with zero attached hydrogens (tertiary/aromatic N) is 1. The minimum absolute atomic E-state index is 0.0586. The van der Waals surface area contributed by atoms with Crippen molar-refractivity contribution in [3.8, 4) is 11.5 Å². The van der Waals surface area contributed by atoms with Crippen LogP contribution in [0.3, 0.4) is 0 Å². The number of sulfonamides is 1. The first-order valence-corrected chi connectivity index (χ1v) is 12.3. The van der Waals surface area contributed by atoms with Gasteiger partial charge >= 0.3 is 0 Å². The SMILES string of the molecule is CCN(CC)S(=O)(=O)c1ccc(CNC(=O)CCCOc2ccc(C(C)=O)cc2OC)cc1. The van der Waals surface area contributed by atoms with Crippen LogP contribution in [-0.4, -0.2) is 51.2 Å². The highest BCUT2D eigenvalue weighted by atomic mass is 32.2. The van der Waals surface area contributed by atoms with Gasteiger partial charge in [0.05, 0.1) is 18.6 Å². The van der Waals surface area contributed by atoms with Crippen LogP contribution in [0.4, 0.5) is 0 Å². The third kappa shape index (κ3) is 7.30. The van der Waals surface area contributed by atoms with Crippen molar-refractivity contribution in [2.24, 2.45) is 0 Å². The van der Waals surface area contributed by atoms with Gasteiger partial charge in [-0.05, 0) is 49.2 Å². The molecule has 2 rings (SSSR count). The number of benzene rings is 2. The molecule has 8 nitrogen and oxygen atoms in total. The number of carbonyl (C=O) groups is 2. The van der Waals surface area contributed by atoms with Crippen molar-refractivity contribution in [1.82, 2.24) is 9.62 Å². The number of rotatable bonds is 13. The Kier molecular flexibility index (Phi) is 9.87. The minimum Gasteiger partial charge on any atom is -0.493 e. The predicted octanol–water partition coefficient (Wildman–Crippen LogP) is 3.40. The van der Waals surface area contributed by atoms with Crippen LogP contribution in [0.2, 0.25) is 0 Å². The van der Waals surface area contributed by atoms with Gasteiger partial charge in [-0.25, -0.2) is 8.42 Å². The van der Waals surface area contributed by atoms with Crippen LogP contribution in [0, 0.1) is 0 Å². The number of amides is 1. The van der Waals surface area contributed by atoms with E-state index in [4.69, 9.17) is 9.47 Å². The zero-order valence-electron chi connectivity index (χ0n) is 19.6. The van der Waals surface area contributed by atoms with Gasteiger partial charge in [-0.15, -0.1) is 0 Å². The maximum atomic E-state index is 12.5. The first-order chi connectivity index (χ1) is 15.7. The maximum absolute atomic E-state index is 12.5. The van der Waals surface area contributed by atoms with Gasteiger partial charge in [0.15, 0.2) is 17.3 Å². The van der Waals surface area contributed by atoms with Crippen molar-refractivity contribution >= 4 is 21.7 Å². The lowest BCUT2D eigenvalue weighted by molar-refractivity contribution is -0.121. The van der Waals surface area contributed by atoms with Crippen LogP contribution in [0.5, 0.6) is 11.5 Å². The fourth-order valence-corrected chi connectivity index (χ4v) is 4.66. The maximum Gasteiger partial charge on any atom is 0.243 e.